The Morgan fingerprint density at radius 1 is 1.32 bits per heavy atom. The summed E-state index contributed by atoms with van der Waals surface area (Å²) in [5, 5.41) is 3.40. The molecule has 0 aromatic carbocycles. The summed E-state index contributed by atoms with van der Waals surface area (Å²) in [4.78, 5) is 8.92. The third-order valence-electron chi connectivity index (χ3n) is 3.76. The lowest BCUT2D eigenvalue weighted by Crippen LogP contribution is -2.11. The van der Waals surface area contributed by atoms with Gasteiger partial charge in [-0.1, -0.05) is 18.9 Å². The Labute approximate surface area is 113 Å². The fourth-order valence-corrected chi connectivity index (χ4v) is 2.79. The van der Waals surface area contributed by atoms with Gasteiger partial charge in [-0.15, -0.1) is 0 Å². The number of aryl methyl sites for hydroxylation is 1. The molecule has 2 aromatic heterocycles. The van der Waals surface area contributed by atoms with Crippen molar-refractivity contribution in [1.82, 2.24) is 14.5 Å². The van der Waals surface area contributed by atoms with E-state index in [0.29, 0.717) is 6.04 Å². The molecule has 1 fully saturated rings. The molecule has 0 saturated heterocycles. The average Bonchev–Trinajstić information content (AvgIpc) is 3.07. The molecular formula is C15H20N4. The van der Waals surface area contributed by atoms with Crippen LogP contribution in [-0.2, 0) is 6.54 Å². The van der Waals surface area contributed by atoms with Crippen molar-refractivity contribution in [2.45, 2.75) is 45.2 Å². The van der Waals surface area contributed by atoms with Gasteiger partial charge in [-0.3, -0.25) is 4.98 Å². The Bertz CT molecular complexity index is 541. The largest absolute Gasteiger partial charge is 0.350 e. The fourth-order valence-electron chi connectivity index (χ4n) is 2.79. The second-order valence-electron chi connectivity index (χ2n) is 5.22. The Hall–Kier alpha value is -1.84. The first kappa shape index (κ1) is 12.2. The van der Waals surface area contributed by atoms with E-state index < -0.39 is 0 Å². The summed E-state index contributed by atoms with van der Waals surface area (Å²) < 4.78 is 2.28. The van der Waals surface area contributed by atoms with Crippen molar-refractivity contribution in [3.63, 3.8) is 0 Å². The molecule has 0 unspecified atom stereocenters. The number of aromatic nitrogens is 3. The molecule has 0 atom stereocenters. The highest BCUT2D eigenvalue weighted by Gasteiger charge is 2.18. The number of nitrogens with zero attached hydrogens (tertiary/aromatic N) is 3. The van der Waals surface area contributed by atoms with Crippen LogP contribution in [0.5, 0.6) is 0 Å². The van der Waals surface area contributed by atoms with E-state index in [4.69, 9.17) is 0 Å². The molecule has 1 aliphatic rings. The van der Waals surface area contributed by atoms with E-state index in [1.54, 1.807) is 0 Å². The topological polar surface area (TPSA) is 42.7 Å². The van der Waals surface area contributed by atoms with E-state index in [1.165, 1.54) is 25.7 Å². The van der Waals surface area contributed by atoms with Crippen molar-refractivity contribution in [3.05, 3.63) is 42.0 Å². The molecule has 0 spiro atoms. The van der Waals surface area contributed by atoms with E-state index in [-0.39, 0.29) is 0 Å². The van der Waals surface area contributed by atoms with Gasteiger partial charge in [0, 0.05) is 24.1 Å². The van der Waals surface area contributed by atoms with E-state index in [9.17, 15) is 0 Å². The van der Waals surface area contributed by atoms with Crippen molar-refractivity contribution < 1.29 is 0 Å². The van der Waals surface area contributed by atoms with Crippen LogP contribution in [0.2, 0.25) is 0 Å². The summed E-state index contributed by atoms with van der Waals surface area (Å²) in [5.41, 5.74) is 2.11. The van der Waals surface area contributed by atoms with Crippen LogP contribution in [0, 0.1) is 6.92 Å². The van der Waals surface area contributed by atoms with Gasteiger partial charge in [-0.2, -0.15) is 0 Å². The molecule has 4 nitrogen and oxygen atoms in total. The lowest BCUT2D eigenvalue weighted by molar-refractivity contribution is 0.523. The highest BCUT2D eigenvalue weighted by atomic mass is 15.2. The lowest BCUT2D eigenvalue weighted by atomic mass is 10.2. The number of anilines is 1. The zero-order valence-electron chi connectivity index (χ0n) is 11.3. The number of nitrogens with one attached hydrogen (secondary N) is 1. The van der Waals surface area contributed by atoms with Crippen molar-refractivity contribution in [2.75, 3.05) is 5.32 Å². The minimum Gasteiger partial charge on any atom is -0.350 e. The highest BCUT2D eigenvalue weighted by molar-refractivity contribution is 5.28. The van der Waals surface area contributed by atoms with Gasteiger partial charge in [0.2, 0.25) is 5.95 Å². The SMILES string of the molecule is Cc1cccc(CNc2nccn2C2CCCC2)n1. The average molecular weight is 256 g/mol. The Kier molecular flexibility index (Phi) is 3.49. The summed E-state index contributed by atoms with van der Waals surface area (Å²) in [6.07, 6.45) is 9.18. The molecule has 1 aliphatic carbocycles. The monoisotopic (exact) mass is 256 g/mol. The second-order valence-corrected chi connectivity index (χ2v) is 5.22. The van der Waals surface area contributed by atoms with Crippen LogP contribution < -0.4 is 5.32 Å². The number of pyridine rings is 1. The van der Waals surface area contributed by atoms with Crippen LogP contribution in [0.1, 0.15) is 43.1 Å². The first-order chi connectivity index (χ1) is 9.33. The quantitative estimate of drug-likeness (QED) is 0.912. The molecule has 100 valence electrons. The molecule has 0 aliphatic heterocycles. The normalized spacial score (nSPS) is 15.8. The molecule has 0 amide bonds. The van der Waals surface area contributed by atoms with Crippen molar-refractivity contribution in [1.29, 1.82) is 0 Å². The summed E-state index contributed by atoms with van der Waals surface area (Å²) >= 11 is 0. The minimum atomic E-state index is 0.621. The lowest BCUT2D eigenvalue weighted by Gasteiger charge is -2.15. The molecule has 1 N–H and O–H groups in total. The molecule has 0 bridgehead atoms. The Morgan fingerprint density at radius 2 is 2.16 bits per heavy atom. The summed E-state index contributed by atoms with van der Waals surface area (Å²) in [6.45, 7) is 2.74. The van der Waals surface area contributed by atoms with Gasteiger partial charge in [0.15, 0.2) is 0 Å². The summed E-state index contributed by atoms with van der Waals surface area (Å²) in [7, 11) is 0. The van der Waals surface area contributed by atoms with Gasteiger partial charge < -0.3 is 9.88 Å². The number of imidazole rings is 1. The predicted molar refractivity (Wildman–Crippen MR) is 76.0 cm³/mol. The molecular weight excluding hydrogens is 236 g/mol. The van der Waals surface area contributed by atoms with Gasteiger partial charge in [-0.05, 0) is 31.9 Å². The molecule has 4 heteroatoms. The molecule has 2 heterocycles. The molecule has 19 heavy (non-hydrogen) atoms. The van der Waals surface area contributed by atoms with Crippen LogP contribution in [0.4, 0.5) is 5.95 Å². The summed E-state index contributed by atoms with van der Waals surface area (Å²) in [5.74, 6) is 0.968. The maximum Gasteiger partial charge on any atom is 0.203 e. The van der Waals surface area contributed by atoms with E-state index >= 15 is 0 Å². The maximum atomic E-state index is 4.50. The van der Waals surface area contributed by atoms with Gasteiger partial charge in [0.05, 0.1) is 12.2 Å². The Morgan fingerprint density at radius 3 is 2.95 bits per heavy atom. The standard InChI is InChI=1S/C15H20N4/c1-12-5-4-6-13(18-12)11-17-15-16-9-10-19(15)14-7-2-3-8-14/h4-6,9-10,14H,2-3,7-8,11H2,1H3,(H,16,17). The molecule has 3 rings (SSSR count). The van der Waals surface area contributed by atoms with Crippen molar-refractivity contribution in [3.8, 4) is 0 Å². The van der Waals surface area contributed by atoms with Crippen LogP contribution in [0.15, 0.2) is 30.6 Å². The minimum absolute atomic E-state index is 0.621. The van der Waals surface area contributed by atoms with Crippen LogP contribution in [0.3, 0.4) is 0 Å². The Balaban J connectivity index is 1.68. The maximum absolute atomic E-state index is 4.50. The first-order valence-electron chi connectivity index (χ1n) is 7.02. The second kappa shape index (κ2) is 5.43. The van der Waals surface area contributed by atoms with Gasteiger partial charge >= 0.3 is 0 Å². The molecule has 2 aromatic rings. The summed E-state index contributed by atoms with van der Waals surface area (Å²) in [6, 6.07) is 6.73. The van der Waals surface area contributed by atoms with E-state index in [0.717, 1.165) is 23.9 Å². The smallest absolute Gasteiger partial charge is 0.203 e. The fraction of sp³-hybridized carbons (Fsp3) is 0.467. The molecule has 1 saturated carbocycles. The van der Waals surface area contributed by atoms with Gasteiger partial charge in [-0.25, -0.2) is 4.98 Å². The van der Waals surface area contributed by atoms with E-state index in [1.807, 2.05) is 31.3 Å². The van der Waals surface area contributed by atoms with Crippen LogP contribution in [-0.4, -0.2) is 14.5 Å². The predicted octanol–water partition coefficient (Wildman–Crippen LogP) is 3.31. The first-order valence-corrected chi connectivity index (χ1v) is 7.02. The number of hydrogen-bond acceptors (Lipinski definition) is 3. The van der Waals surface area contributed by atoms with Crippen LogP contribution in [0.25, 0.3) is 0 Å². The van der Waals surface area contributed by atoms with Gasteiger partial charge in [0.25, 0.3) is 0 Å². The third-order valence-corrected chi connectivity index (χ3v) is 3.76. The highest BCUT2D eigenvalue weighted by Crippen LogP contribution is 2.31. The number of hydrogen-bond donors (Lipinski definition) is 1. The zero-order chi connectivity index (χ0) is 13.1. The molecule has 0 radical (unpaired) electrons. The zero-order valence-corrected chi connectivity index (χ0v) is 11.3. The van der Waals surface area contributed by atoms with E-state index in [2.05, 4.69) is 26.0 Å². The number of rotatable bonds is 4. The third kappa shape index (κ3) is 2.78. The van der Waals surface area contributed by atoms with Crippen LogP contribution >= 0.6 is 0 Å². The van der Waals surface area contributed by atoms with Gasteiger partial charge in [0.1, 0.15) is 0 Å². The van der Waals surface area contributed by atoms with Crippen molar-refractivity contribution >= 4 is 5.95 Å². The van der Waals surface area contributed by atoms with Crippen molar-refractivity contribution in [2.24, 2.45) is 0 Å².